The third-order valence-corrected chi connectivity index (χ3v) is 7.36. The van der Waals surface area contributed by atoms with Crippen molar-refractivity contribution < 1.29 is 9.53 Å². The van der Waals surface area contributed by atoms with Crippen LogP contribution in [0, 0.1) is 35.5 Å². The summed E-state index contributed by atoms with van der Waals surface area (Å²) in [5.41, 5.74) is 0.955. The number of esters is 1. The van der Waals surface area contributed by atoms with E-state index in [1.54, 1.807) is 0 Å². The Morgan fingerprint density at radius 3 is 2.29 bits per heavy atom. The molecule has 2 saturated carbocycles. The molecule has 1 aromatic carbocycles. The summed E-state index contributed by atoms with van der Waals surface area (Å²) in [6.07, 6.45) is 19.3. The first kappa shape index (κ1) is 23.6. The maximum absolute atomic E-state index is 12.4. The van der Waals surface area contributed by atoms with Gasteiger partial charge in [0, 0.05) is 5.56 Å². The molecule has 31 heavy (non-hydrogen) atoms. The molecule has 0 saturated heterocycles. The number of rotatable bonds is 7. The van der Waals surface area contributed by atoms with Gasteiger partial charge in [-0.2, -0.15) is 0 Å². The van der Waals surface area contributed by atoms with E-state index in [9.17, 15) is 4.79 Å². The first-order valence-corrected chi connectivity index (χ1v) is 12.7. The van der Waals surface area contributed by atoms with E-state index in [1.165, 1.54) is 51.4 Å². The topological polar surface area (TPSA) is 26.3 Å². The van der Waals surface area contributed by atoms with E-state index in [0.29, 0.717) is 11.7 Å². The fourth-order valence-corrected chi connectivity index (χ4v) is 5.08. The molecule has 0 atom stereocenters. The van der Waals surface area contributed by atoms with Crippen molar-refractivity contribution in [3.8, 4) is 17.6 Å². The average molecular weight is 421 g/mol. The quantitative estimate of drug-likeness (QED) is 0.256. The minimum atomic E-state index is -0.0688. The van der Waals surface area contributed by atoms with Gasteiger partial charge in [-0.05, 0) is 99.5 Å². The van der Waals surface area contributed by atoms with Crippen molar-refractivity contribution >= 4 is 5.97 Å². The van der Waals surface area contributed by atoms with E-state index in [-0.39, 0.29) is 11.9 Å². The Morgan fingerprint density at radius 1 is 0.968 bits per heavy atom. The SMILES string of the molecule is CCCCC1CCC(C=CC#Cc2ccc(OC(=O)C3CCC(CC)CC3)cc2)CC1. The van der Waals surface area contributed by atoms with Crippen molar-refractivity contribution in [1.29, 1.82) is 0 Å². The lowest BCUT2D eigenvalue weighted by Gasteiger charge is -2.26. The highest BCUT2D eigenvalue weighted by atomic mass is 16.5. The van der Waals surface area contributed by atoms with E-state index >= 15 is 0 Å². The summed E-state index contributed by atoms with van der Waals surface area (Å²) >= 11 is 0. The van der Waals surface area contributed by atoms with Crippen LogP contribution in [0.3, 0.4) is 0 Å². The number of carbonyl (C=O) groups excluding carboxylic acids is 1. The van der Waals surface area contributed by atoms with Crippen LogP contribution in [-0.4, -0.2) is 5.97 Å². The number of carbonyl (C=O) groups is 1. The van der Waals surface area contributed by atoms with Gasteiger partial charge in [-0.15, -0.1) is 0 Å². The molecule has 2 fully saturated rings. The van der Waals surface area contributed by atoms with E-state index in [2.05, 4.69) is 31.8 Å². The molecular weight excluding hydrogens is 380 g/mol. The number of hydrogen-bond acceptors (Lipinski definition) is 2. The zero-order valence-electron chi connectivity index (χ0n) is 19.6. The lowest BCUT2D eigenvalue weighted by atomic mass is 9.80. The van der Waals surface area contributed by atoms with Gasteiger partial charge >= 0.3 is 5.97 Å². The number of unbranched alkanes of at least 4 members (excludes halogenated alkanes) is 1. The van der Waals surface area contributed by atoms with Crippen LogP contribution in [0.5, 0.6) is 5.75 Å². The Bertz CT molecular complexity index is 748. The molecule has 2 nitrogen and oxygen atoms in total. The predicted molar refractivity (Wildman–Crippen MR) is 129 cm³/mol. The van der Waals surface area contributed by atoms with Gasteiger partial charge in [0.05, 0.1) is 5.92 Å². The summed E-state index contributed by atoms with van der Waals surface area (Å²) < 4.78 is 5.61. The van der Waals surface area contributed by atoms with E-state index < -0.39 is 0 Å². The summed E-state index contributed by atoms with van der Waals surface area (Å²) in [6.45, 7) is 4.52. The van der Waals surface area contributed by atoms with Gasteiger partial charge < -0.3 is 4.74 Å². The van der Waals surface area contributed by atoms with Crippen molar-refractivity contribution in [2.45, 2.75) is 90.9 Å². The molecule has 0 aromatic heterocycles. The second-order valence-corrected chi connectivity index (χ2v) is 9.62. The molecule has 2 heteroatoms. The van der Waals surface area contributed by atoms with E-state index in [4.69, 9.17) is 4.74 Å². The van der Waals surface area contributed by atoms with Crippen LogP contribution in [0.1, 0.15) is 96.5 Å². The molecular formula is C29H40O2. The monoisotopic (exact) mass is 420 g/mol. The maximum atomic E-state index is 12.4. The van der Waals surface area contributed by atoms with Gasteiger partial charge in [0.1, 0.15) is 5.75 Å². The predicted octanol–water partition coefficient (Wildman–Crippen LogP) is 7.71. The first-order valence-electron chi connectivity index (χ1n) is 12.7. The lowest BCUT2D eigenvalue weighted by Crippen LogP contribution is -2.25. The number of ether oxygens (including phenoxy) is 1. The van der Waals surface area contributed by atoms with Crippen LogP contribution in [0.25, 0.3) is 0 Å². The Kier molecular flexibility index (Phi) is 9.73. The Hall–Kier alpha value is -2.01. The Morgan fingerprint density at radius 2 is 1.65 bits per heavy atom. The summed E-state index contributed by atoms with van der Waals surface area (Å²) in [5.74, 6) is 9.44. The summed E-state index contributed by atoms with van der Waals surface area (Å²) in [6, 6.07) is 7.61. The Balaban J connectivity index is 1.40. The standard InChI is InChI=1S/C29H40O2/c1-3-5-8-24-11-13-25(14-12-24)9-6-7-10-26-17-21-28(22-18-26)31-29(30)27-19-15-23(4-2)16-20-27/h6,9,17-18,21-25,27H,3-5,8,11-16,19-20H2,1-2H3. The number of hydrogen-bond donors (Lipinski definition) is 0. The molecule has 0 aliphatic heterocycles. The van der Waals surface area contributed by atoms with E-state index in [1.807, 2.05) is 30.3 Å². The molecule has 0 bridgehead atoms. The highest BCUT2D eigenvalue weighted by molar-refractivity contribution is 5.75. The highest BCUT2D eigenvalue weighted by Gasteiger charge is 2.27. The molecule has 0 amide bonds. The van der Waals surface area contributed by atoms with Gasteiger partial charge in [0.25, 0.3) is 0 Å². The van der Waals surface area contributed by atoms with Crippen LogP contribution in [0.4, 0.5) is 0 Å². The zero-order chi connectivity index (χ0) is 21.9. The molecule has 0 unspecified atom stereocenters. The molecule has 0 radical (unpaired) electrons. The first-order chi connectivity index (χ1) is 15.2. The average Bonchev–Trinajstić information content (AvgIpc) is 2.82. The molecule has 0 heterocycles. The van der Waals surface area contributed by atoms with Gasteiger partial charge in [0.15, 0.2) is 0 Å². The molecule has 1 aromatic rings. The fourth-order valence-electron chi connectivity index (χ4n) is 5.08. The zero-order valence-corrected chi connectivity index (χ0v) is 19.6. The largest absolute Gasteiger partial charge is 0.426 e. The second-order valence-electron chi connectivity index (χ2n) is 9.62. The lowest BCUT2D eigenvalue weighted by molar-refractivity contribution is -0.140. The van der Waals surface area contributed by atoms with Crippen molar-refractivity contribution in [3.63, 3.8) is 0 Å². The Labute approximate surface area is 189 Å². The van der Waals surface area contributed by atoms with Gasteiger partial charge in [-0.1, -0.05) is 57.4 Å². The van der Waals surface area contributed by atoms with Gasteiger partial charge in [0.2, 0.25) is 0 Å². The van der Waals surface area contributed by atoms with Crippen molar-refractivity contribution in [2.75, 3.05) is 0 Å². The third kappa shape index (κ3) is 7.88. The summed E-state index contributed by atoms with van der Waals surface area (Å²) in [5, 5.41) is 0. The minimum absolute atomic E-state index is 0.0640. The molecule has 168 valence electrons. The molecule has 3 rings (SSSR count). The van der Waals surface area contributed by atoms with Gasteiger partial charge in [-0.25, -0.2) is 0 Å². The van der Waals surface area contributed by atoms with Crippen LogP contribution in [-0.2, 0) is 4.79 Å². The molecule has 2 aliphatic carbocycles. The minimum Gasteiger partial charge on any atom is -0.426 e. The van der Waals surface area contributed by atoms with Crippen LogP contribution < -0.4 is 4.74 Å². The summed E-state index contributed by atoms with van der Waals surface area (Å²) in [4.78, 5) is 12.4. The maximum Gasteiger partial charge on any atom is 0.314 e. The van der Waals surface area contributed by atoms with Crippen molar-refractivity contribution in [1.82, 2.24) is 0 Å². The van der Waals surface area contributed by atoms with Crippen LogP contribution in [0.2, 0.25) is 0 Å². The molecule has 0 spiro atoms. The fraction of sp³-hybridized carbons (Fsp3) is 0.621. The third-order valence-electron chi connectivity index (χ3n) is 7.36. The smallest absolute Gasteiger partial charge is 0.314 e. The normalized spacial score (nSPS) is 26.3. The van der Waals surface area contributed by atoms with Crippen LogP contribution >= 0.6 is 0 Å². The van der Waals surface area contributed by atoms with Crippen molar-refractivity contribution in [2.24, 2.45) is 23.7 Å². The molecule has 0 N–H and O–H groups in total. The number of benzene rings is 1. The van der Waals surface area contributed by atoms with Crippen LogP contribution in [0.15, 0.2) is 36.4 Å². The number of allylic oxidation sites excluding steroid dienone is 2. The van der Waals surface area contributed by atoms with Gasteiger partial charge in [-0.3, -0.25) is 4.79 Å². The highest BCUT2D eigenvalue weighted by Crippen LogP contribution is 2.33. The molecule has 2 aliphatic rings. The second kappa shape index (κ2) is 12.7. The van der Waals surface area contributed by atoms with E-state index in [0.717, 1.165) is 43.1 Å². The van der Waals surface area contributed by atoms with Crippen molar-refractivity contribution in [3.05, 3.63) is 42.0 Å². The summed E-state index contributed by atoms with van der Waals surface area (Å²) in [7, 11) is 0.